The third-order valence-corrected chi connectivity index (χ3v) is 2.90. The fourth-order valence-corrected chi connectivity index (χ4v) is 1.56. The largest absolute Gasteiger partial charge is 0.394 e. The Morgan fingerprint density at radius 2 is 2.23 bits per heavy atom. The Labute approximate surface area is 92.1 Å². The second kappa shape index (κ2) is 5.57. The molecule has 0 aliphatic heterocycles. The number of aryl methyl sites for hydroxylation is 1. The van der Waals surface area contributed by atoms with Crippen molar-refractivity contribution < 1.29 is 9.84 Å². The van der Waals surface area contributed by atoms with Gasteiger partial charge in [0.15, 0.2) is 0 Å². The molecule has 1 aromatic rings. The van der Waals surface area contributed by atoms with Crippen LogP contribution in [-0.2, 0) is 11.3 Å². The molecule has 2 nitrogen and oxygen atoms in total. The predicted octanol–water partition coefficient (Wildman–Crippen LogP) is 2.11. The Morgan fingerprint density at radius 3 is 2.85 bits per heavy atom. The lowest BCUT2D eigenvalue weighted by Gasteiger charge is -2.04. The normalized spacial score (nSPS) is 10.4. The van der Waals surface area contributed by atoms with Crippen molar-refractivity contribution in [1.29, 1.82) is 0 Å². The van der Waals surface area contributed by atoms with Crippen LogP contribution < -0.4 is 0 Å². The third kappa shape index (κ3) is 3.62. The molecule has 0 heterocycles. The van der Waals surface area contributed by atoms with E-state index in [1.165, 1.54) is 9.13 Å². The first-order chi connectivity index (χ1) is 6.24. The molecule has 0 bridgehead atoms. The van der Waals surface area contributed by atoms with E-state index in [9.17, 15) is 0 Å². The number of rotatable bonds is 4. The highest BCUT2D eigenvalue weighted by Gasteiger charge is 1.97. The smallest absolute Gasteiger partial charge is 0.0718 e. The van der Waals surface area contributed by atoms with Gasteiger partial charge in [0.1, 0.15) is 0 Å². The van der Waals surface area contributed by atoms with Crippen LogP contribution in [-0.4, -0.2) is 18.3 Å². The van der Waals surface area contributed by atoms with Gasteiger partial charge in [0.05, 0.1) is 19.8 Å². The minimum Gasteiger partial charge on any atom is -0.394 e. The van der Waals surface area contributed by atoms with Crippen LogP contribution in [0.1, 0.15) is 11.1 Å². The zero-order chi connectivity index (χ0) is 9.68. The minimum absolute atomic E-state index is 0.0863. The van der Waals surface area contributed by atoms with E-state index in [0.29, 0.717) is 13.2 Å². The first kappa shape index (κ1) is 10.9. The van der Waals surface area contributed by atoms with E-state index < -0.39 is 0 Å². The quantitative estimate of drug-likeness (QED) is 0.680. The molecule has 1 aromatic carbocycles. The number of halogens is 1. The standard InChI is InChI=1S/C10H13IO2/c1-8-2-3-9(6-10(8)11)7-13-5-4-12/h2-3,6,12H,4-5,7H2,1H3. The van der Waals surface area contributed by atoms with Crippen LogP contribution in [0.3, 0.4) is 0 Å². The second-order valence-electron chi connectivity index (χ2n) is 2.86. The van der Waals surface area contributed by atoms with Crippen LogP contribution in [0.5, 0.6) is 0 Å². The number of aliphatic hydroxyl groups is 1. The Hall–Kier alpha value is -0.130. The van der Waals surface area contributed by atoms with Crippen molar-refractivity contribution in [3.63, 3.8) is 0 Å². The molecule has 1 rings (SSSR count). The van der Waals surface area contributed by atoms with Crippen molar-refractivity contribution in [3.05, 3.63) is 32.9 Å². The molecule has 0 radical (unpaired) electrons. The highest BCUT2D eigenvalue weighted by molar-refractivity contribution is 14.1. The van der Waals surface area contributed by atoms with E-state index >= 15 is 0 Å². The van der Waals surface area contributed by atoms with Crippen molar-refractivity contribution in [3.8, 4) is 0 Å². The van der Waals surface area contributed by atoms with Crippen LogP contribution in [0.15, 0.2) is 18.2 Å². The summed E-state index contributed by atoms with van der Waals surface area (Å²) in [7, 11) is 0. The van der Waals surface area contributed by atoms with Gasteiger partial charge in [-0.2, -0.15) is 0 Å². The van der Waals surface area contributed by atoms with Gasteiger partial charge in [-0.3, -0.25) is 0 Å². The summed E-state index contributed by atoms with van der Waals surface area (Å²) in [6.45, 7) is 3.16. The summed E-state index contributed by atoms with van der Waals surface area (Å²) in [5, 5.41) is 8.52. The number of hydrogen-bond acceptors (Lipinski definition) is 2. The highest BCUT2D eigenvalue weighted by Crippen LogP contribution is 2.13. The summed E-state index contributed by atoms with van der Waals surface area (Å²) in [6, 6.07) is 6.24. The number of benzene rings is 1. The molecule has 0 atom stereocenters. The average Bonchev–Trinajstić information content (AvgIpc) is 2.12. The molecule has 0 aliphatic rings. The van der Waals surface area contributed by atoms with Gasteiger partial charge in [0, 0.05) is 3.57 Å². The molecule has 72 valence electrons. The molecule has 0 amide bonds. The molecule has 0 aromatic heterocycles. The van der Waals surface area contributed by atoms with E-state index in [4.69, 9.17) is 9.84 Å². The molecule has 0 saturated carbocycles. The summed E-state index contributed by atoms with van der Waals surface area (Å²) in [5.74, 6) is 0. The van der Waals surface area contributed by atoms with E-state index in [-0.39, 0.29) is 6.61 Å². The van der Waals surface area contributed by atoms with Gasteiger partial charge in [0.2, 0.25) is 0 Å². The lowest BCUT2D eigenvalue weighted by Crippen LogP contribution is -1.99. The van der Waals surface area contributed by atoms with Crippen LogP contribution in [0.2, 0.25) is 0 Å². The summed E-state index contributed by atoms with van der Waals surface area (Å²) >= 11 is 2.31. The Morgan fingerprint density at radius 1 is 1.46 bits per heavy atom. The molecule has 0 spiro atoms. The molecular formula is C10H13IO2. The molecule has 13 heavy (non-hydrogen) atoms. The van der Waals surface area contributed by atoms with Gasteiger partial charge in [-0.25, -0.2) is 0 Å². The molecule has 0 aliphatic carbocycles. The zero-order valence-corrected chi connectivity index (χ0v) is 9.74. The van der Waals surface area contributed by atoms with Gasteiger partial charge in [-0.15, -0.1) is 0 Å². The molecular weight excluding hydrogens is 279 g/mol. The van der Waals surface area contributed by atoms with Crippen LogP contribution in [0.25, 0.3) is 0 Å². The Kier molecular flexibility index (Phi) is 4.69. The van der Waals surface area contributed by atoms with Gasteiger partial charge in [-0.05, 0) is 46.7 Å². The molecule has 0 fully saturated rings. The van der Waals surface area contributed by atoms with Crippen LogP contribution in [0, 0.1) is 10.5 Å². The zero-order valence-electron chi connectivity index (χ0n) is 7.59. The third-order valence-electron chi connectivity index (χ3n) is 1.74. The summed E-state index contributed by atoms with van der Waals surface area (Å²) in [6.07, 6.45) is 0. The topological polar surface area (TPSA) is 29.5 Å². The number of ether oxygens (including phenoxy) is 1. The minimum atomic E-state index is 0.0863. The summed E-state index contributed by atoms with van der Waals surface area (Å²) < 4.78 is 6.46. The van der Waals surface area contributed by atoms with Gasteiger partial charge >= 0.3 is 0 Å². The Balaban J connectivity index is 2.53. The van der Waals surface area contributed by atoms with E-state index in [0.717, 1.165) is 5.56 Å². The summed E-state index contributed by atoms with van der Waals surface area (Å²) in [5.41, 5.74) is 2.44. The SMILES string of the molecule is Cc1ccc(COCCO)cc1I. The molecule has 0 unspecified atom stereocenters. The van der Waals surface area contributed by atoms with Crippen LogP contribution in [0.4, 0.5) is 0 Å². The first-order valence-corrected chi connectivity index (χ1v) is 5.25. The first-order valence-electron chi connectivity index (χ1n) is 4.17. The van der Waals surface area contributed by atoms with Crippen molar-refractivity contribution in [2.45, 2.75) is 13.5 Å². The maximum atomic E-state index is 8.52. The predicted molar refractivity (Wildman–Crippen MR) is 60.6 cm³/mol. The second-order valence-corrected chi connectivity index (χ2v) is 4.02. The van der Waals surface area contributed by atoms with E-state index in [2.05, 4.69) is 47.7 Å². The van der Waals surface area contributed by atoms with Gasteiger partial charge < -0.3 is 9.84 Å². The van der Waals surface area contributed by atoms with Gasteiger partial charge in [-0.1, -0.05) is 12.1 Å². The maximum absolute atomic E-state index is 8.52. The maximum Gasteiger partial charge on any atom is 0.0718 e. The lowest BCUT2D eigenvalue weighted by molar-refractivity contribution is 0.0815. The number of aliphatic hydroxyl groups excluding tert-OH is 1. The van der Waals surface area contributed by atoms with Crippen LogP contribution >= 0.6 is 22.6 Å². The Bertz CT molecular complexity index is 274. The van der Waals surface area contributed by atoms with Crippen molar-refractivity contribution >= 4 is 22.6 Å². The van der Waals surface area contributed by atoms with Crippen molar-refractivity contribution in [1.82, 2.24) is 0 Å². The van der Waals surface area contributed by atoms with E-state index in [1.54, 1.807) is 0 Å². The highest BCUT2D eigenvalue weighted by atomic mass is 127. The fraction of sp³-hybridized carbons (Fsp3) is 0.400. The molecule has 0 saturated heterocycles. The monoisotopic (exact) mass is 292 g/mol. The average molecular weight is 292 g/mol. The van der Waals surface area contributed by atoms with Crippen molar-refractivity contribution in [2.75, 3.05) is 13.2 Å². The summed E-state index contributed by atoms with van der Waals surface area (Å²) in [4.78, 5) is 0. The fourth-order valence-electron chi connectivity index (χ4n) is 0.981. The number of hydrogen-bond donors (Lipinski definition) is 1. The molecule has 3 heteroatoms. The lowest BCUT2D eigenvalue weighted by atomic mass is 10.2. The van der Waals surface area contributed by atoms with Crippen molar-refractivity contribution in [2.24, 2.45) is 0 Å². The van der Waals surface area contributed by atoms with E-state index in [1.807, 2.05) is 0 Å². The molecule has 1 N–H and O–H groups in total. The van der Waals surface area contributed by atoms with Gasteiger partial charge in [0.25, 0.3) is 0 Å².